The Kier molecular flexibility index (Phi) is 3.81. The summed E-state index contributed by atoms with van der Waals surface area (Å²) in [5.41, 5.74) is -0.405. The van der Waals surface area contributed by atoms with E-state index in [4.69, 9.17) is 12.2 Å². The Bertz CT molecular complexity index is 1190. The number of alkyl halides is 3. The first-order valence-electron chi connectivity index (χ1n) is 9.00. The normalized spacial score (nSPS) is 18.5. The third-order valence-electron chi connectivity index (χ3n) is 5.43. The van der Waals surface area contributed by atoms with Crippen LogP contribution < -0.4 is 9.80 Å². The third kappa shape index (κ3) is 2.49. The maximum atomic E-state index is 13.4. The van der Waals surface area contributed by atoms with Crippen molar-refractivity contribution in [2.75, 3.05) is 9.80 Å². The lowest BCUT2D eigenvalue weighted by Crippen LogP contribution is -2.55. The van der Waals surface area contributed by atoms with E-state index in [0.717, 1.165) is 11.3 Å². The molecule has 3 heterocycles. The van der Waals surface area contributed by atoms with Crippen LogP contribution in [0, 0.1) is 0 Å². The summed E-state index contributed by atoms with van der Waals surface area (Å²) in [5.74, 6) is -1.62. The van der Waals surface area contributed by atoms with Crippen LogP contribution in [0.1, 0.15) is 25.1 Å². The Morgan fingerprint density at radius 2 is 1.77 bits per heavy atom. The Morgan fingerprint density at radius 3 is 2.37 bits per heavy atom. The van der Waals surface area contributed by atoms with Crippen LogP contribution in [-0.2, 0) is 11.0 Å². The molecule has 0 bridgehead atoms. The van der Waals surface area contributed by atoms with Crippen LogP contribution in [0.25, 0.3) is 5.65 Å². The van der Waals surface area contributed by atoms with Crippen LogP contribution in [0.3, 0.4) is 0 Å². The minimum atomic E-state index is -4.76. The van der Waals surface area contributed by atoms with Crippen molar-refractivity contribution in [2.24, 2.45) is 0 Å². The molecule has 154 valence electrons. The van der Waals surface area contributed by atoms with Crippen molar-refractivity contribution >= 4 is 40.4 Å². The molecule has 1 aromatic carbocycles. The molecular weight excluding hydrogens is 421 g/mol. The van der Waals surface area contributed by atoms with Crippen LogP contribution >= 0.6 is 12.2 Å². The quantitative estimate of drug-likeness (QED) is 0.621. The van der Waals surface area contributed by atoms with Gasteiger partial charge in [0, 0.05) is 5.69 Å². The second kappa shape index (κ2) is 6.11. The summed E-state index contributed by atoms with van der Waals surface area (Å²) < 4.78 is 40.2. The average molecular weight is 434 g/mol. The Balaban J connectivity index is 1.62. The summed E-state index contributed by atoms with van der Waals surface area (Å²) >= 11 is 5.56. The standard InChI is InChI=1S/C18H13F3N6O2S/c19-18(20,21)14-23-22-12-6-7-13(24-27(12)14)25-15(29)17(8-1-9-17)26(16(25)30)10-2-4-11(28)5-3-10/h2-7,28H,1,8-9H2. The predicted molar refractivity (Wildman–Crippen MR) is 103 cm³/mol. The minimum absolute atomic E-state index is 0.0460. The molecule has 8 nitrogen and oxygen atoms in total. The fraction of sp³-hybridized carbons (Fsp3) is 0.278. The molecule has 0 atom stereocenters. The van der Waals surface area contributed by atoms with Gasteiger partial charge in [-0.2, -0.15) is 17.7 Å². The minimum Gasteiger partial charge on any atom is -0.508 e. The van der Waals surface area contributed by atoms with Crippen molar-refractivity contribution in [3.8, 4) is 5.75 Å². The summed E-state index contributed by atoms with van der Waals surface area (Å²) in [6.07, 6.45) is -2.85. The maximum absolute atomic E-state index is 13.4. The van der Waals surface area contributed by atoms with Crippen LogP contribution in [0.2, 0.25) is 0 Å². The largest absolute Gasteiger partial charge is 0.508 e. The van der Waals surface area contributed by atoms with E-state index >= 15 is 0 Å². The van der Waals surface area contributed by atoms with Gasteiger partial charge in [0.25, 0.3) is 11.7 Å². The van der Waals surface area contributed by atoms with Gasteiger partial charge in [-0.05, 0) is 67.9 Å². The van der Waals surface area contributed by atoms with Crippen LogP contribution in [0.4, 0.5) is 24.7 Å². The van der Waals surface area contributed by atoms with E-state index in [2.05, 4.69) is 15.3 Å². The molecule has 2 aliphatic rings. The summed E-state index contributed by atoms with van der Waals surface area (Å²) in [6.45, 7) is 0. The number of hydrogen-bond acceptors (Lipinski definition) is 6. The van der Waals surface area contributed by atoms with Gasteiger partial charge in [-0.3, -0.25) is 4.79 Å². The van der Waals surface area contributed by atoms with E-state index in [9.17, 15) is 23.1 Å². The zero-order valence-corrected chi connectivity index (χ0v) is 16.0. The van der Waals surface area contributed by atoms with Gasteiger partial charge in [0.05, 0.1) is 0 Å². The number of aromatic hydroxyl groups is 1. The number of carbonyl (C=O) groups excluding carboxylic acids is 1. The number of aromatic nitrogens is 4. The van der Waals surface area contributed by atoms with Gasteiger partial charge in [-0.25, -0.2) is 4.90 Å². The number of hydrogen-bond donors (Lipinski definition) is 1. The monoisotopic (exact) mass is 434 g/mol. The van der Waals surface area contributed by atoms with Crippen molar-refractivity contribution in [3.63, 3.8) is 0 Å². The fourth-order valence-corrected chi connectivity index (χ4v) is 4.32. The highest BCUT2D eigenvalue weighted by Crippen LogP contribution is 2.47. The smallest absolute Gasteiger partial charge is 0.453 e. The first kappa shape index (κ1) is 18.7. The summed E-state index contributed by atoms with van der Waals surface area (Å²) in [7, 11) is 0. The zero-order chi connectivity index (χ0) is 21.3. The molecule has 1 saturated heterocycles. The molecule has 2 aromatic heterocycles. The molecule has 1 aliphatic heterocycles. The lowest BCUT2D eigenvalue weighted by molar-refractivity contribution is -0.146. The van der Waals surface area contributed by atoms with Crippen molar-refractivity contribution < 1.29 is 23.1 Å². The molecule has 5 rings (SSSR count). The molecule has 0 unspecified atom stereocenters. The number of nitrogens with zero attached hydrogens (tertiary/aromatic N) is 6. The molecule has 1 amide bonds. The Morgan fingerprint density at radius 1 is 1.07 bits per heavy atom. The van der Waals surface area contributed by atoms with Gasteiger partial charge >= 0.3 is 6.18 Å². The third-order valence-corrected chi connectivity index (χ3v) is 5.80. The number of phenols is 1. The van der Waals surface area contributed by atoms with Crippen LogP contribution in [0.15, 0.2) is 36.4 Å². The molecule has 2 fully saturated rings. The first-order chi connectivity index (χ1) is 14.2. The fourth-order valence-electron chi connectivity index (χ4n) is 3.86. The molecule has 3 aromatic rings. The highest BCUT2D eigenvalue weighted by Gasteiger charge is 2.60. The molecule has 1 spiro atoms. The summed E-state index contributed by atoms with van der Waals surface area (Å²) in [4.78, 5) is 16.2. The number of carbonyl (C=O) groups is 1. The molecule has 1 N–H and O–H groups in total. The van der Waals surface area contributed by atoms with Crippen molar-refractivity contribution in [1.82, 2.24) is 19.8 Å². The van der Waals surface area contributed by atoms with E-state index in [0.29, 0.717) is 23.0 Å². The number of rotatable bonds is 2. The Labute approximate surface area is 172 Å². The highest BCUT2D eigenvalue weighted by molar-refractivity contribution is 7.81. The Hall–Kier alpha value is -3.28. The number of amides is 1. The summed E-state index contributed by atoms with van der Waals surface area (Å²) in [6, 6.07) is 8.93. The lowest BCUT2D eigenvalue weighted by atomic mass is 9.75. The van der Waals surface area contributed by atoms with E-state index < -0.39 is 17.5 Å². The zero-order valence-electron chi connectivity index (χ0n) is 15.2. The number of halogens is 3. The van der Waals surface area contributed by atoms with E-state index in [1.165, 1.54) is 24.3 Å². The van der Waals surface area contributed by atoms with Gasteiger partial charge in [0.1, 0.15) is 11.3 Å². The molecule has 30 heavy (non-hydrogen) atoms. The van der Waals surface area contributed by atoms with Gasteiger partial charge in [0.2, 0.25) is 0 Å². The number of thiocarbonyl (C=S) groups is 1. The molecule has 1 saturated carbocycles. The van der Waals surface area contributed by atoms with E-state index in [1.54, 1.807) is 17.0 Å². The SMILES string of the molecule is O=C1N(c2ccc3nnc(C(F)(F)F)n3n2)C(=S)N(c2ccc(O)cc2)C12CCC2. The second-order valence-corrected chi connectivity index (χ2v) is 7.51. The van der Waals surface area contributed by atoms with E-state index in [1.807, 2.05) is 0 Å². The maximum Gasteiger partial charge on any atom is 0.453 e. The predicted octanol–water partition coefficient (Wildman–Crippen LogP) is 2.91. The number of phenolic OH excluding ortho intramolecular Hbond substituents is 1. The van der Waals surface area contributed by atoms with Gasteiger partial charge in [0.15, 0.2) is 16.6 Å². The van der Waals surface area contributed by atoms with Crippen molar-refractivity contribution in [1.29, 1.82) is 0 Å². The number of anilines is 2. The topological polar surface area (TPSA) is 86.9 Å². The van der Waals surface area contributed by atoms with Crippen LogP contribution in [0.5, 0.6) is 5.75 Å². The first-order valence-corrected chi connectivity index (χ1v) is 9.41. The average Bonchev–Trinajstić information content (AvgIpc) is 3.18. The highest BCUT2D eigenvalue weighted by atomic mass is 32.1. The van der Waals surface area contributed by atoms with Gasteiger partial charge < -0.3 is 10.0 Å². The second-order valence-electron chi connectivity index (χ2n) is 7.14. The molecule has 1 aliphatic carbocycles. The molecule has 0 radical (unpaired) electrons. The molecular formula is C18H13F3N6O2S. The lowest BCUT2D eigenvalue weighted by Gasteiger charge is -2.43. The van der Waals surface area contributed by atoms with Gasteiger partial charge in [-0.15, -0.1) is 15.3 Å². The molecule has 12 heteroatoms. The number of fused-ring (bicyclic) bond motifs is 1. The van der Waals surface area contributed by atoms with Crippen molar-refractivity contribution in [3.05, 3.63) is 42.2 Å². The van der Waals surface area contributed by atoms with Crippen molar-refractivity contribution in [2.45, 2.75) is 31.0 Å². The van der Waals surface area contributed by atoms with Crippen LogP contribution in [-0.4, -0.2) is 41.5 Å². The summed E-state index contributed by atoms with van der Waals surface area (Å²) in [5, 5.41) is 20.3. The number of benzene rings is 1. The van der Waals surface area contributed by atoms with E-state index in [-0.39, 0.29) is 28.2 Å². The van der Waals surface area contributed by atoms with Gasteiger partial charge in [-0.1, -0.05) is 0 Å².